The Bertz CT molecular complexity index is 861. The van der Waals surface area contributed by atoms with Crippen LogP contribution in [-0.4, -0.2) is 73.0 Å². The monoisotopic (exact) mass is 410 g/mol. The van der Waals surface area contributed by atoms with Crippen LogP contribution in [0.2, 0.25) is 0 Å². The number of nitrogens with zero attached hydrogens (tertiary/aromatic N) is 3. The van der Waals surface area contributed by atoms with Gasteiger partial charge in [-0.25, -0.2) is 0 Å². The Morgan fingerprint density at radius 3 is 2.33 bits per heavy atom. The van der Waals surface area contributed by atoms with Gasteiger partial charge in [-0.15, -0.1) is 0 Å². The fourth-order valence-electron chi connectivity index (χ4n) is 3.65. The van der Waals surface area contributed by atoms with E-state index in [1.165, 1.54) is 0 Å². The lowest BCUT2D eigenvalue weighted by Crippen LogP contribution is -2.51. The van der Waals surface area contributed by atoms with Gasteiger partial charge in [-0.2, -0.15) is 0 Å². The third-order valence-corrected chi connectivity index (χ3v) is 5.34. The Labute approximate surface area is 177 Å². The zero-order valence-electron chi connectivity index (χ0n) is 17.7. The maximum Gasteiger partial charge on any atom is 0.238 e. The number of carbonyl (C=O) groups is 2. The molecule has 0 aromatic heterocycles. The molecule has 1 fully saturated rings. The minimum absolute atomic E-state index is 0.0321. The Balaban J connectivity index is 1.44. The fourth-order valence-corrected chi connectivity index (χ4v) is 3.65. The summed E-state index contributed by atoms with van der Waals surface area (Å²) in [5.41, 5.74) is 2.97. The quantitative estimate of drug-likeness (QED) is 0.732. The molecule has 1 heterocycles. The molecule has 0 saturated carbocycles. The summed E-state index contributed by atoms with van der Waals surface area (Å²) in [6.07, 6.45) is 0.848. The number of nitrogens with one attached hydrogen (secondary N) is 1. The SMILES string of the molecule is CCc1ccccc1NC(=O)CN(C)CC(=O)N1CCN(c2ccc(O)cc2)CC1. The van der Waals surface area contributed by atoms with Crippen molar-refractivity contribution in [1.29, 1.82) is 0 Å². The number of amides is 2. The number of hydrogen-bond acceptors (Lipinski definition) is 5. The predicted octanol–water partition coefficient (Wildman–Crippen LogP) is 2.17. The van der Waals surface area contributed by atoms with E-state index in [-0.39, 0.29) is 30.7 Å². The maximum absolute atomic E-state index is 12.6. The lowest BCUT2D eigenvalue weighted by molar-refractivity contribution is -0.132. The second kappa shape index (κ2) is 10.1. The minimum Gasteiger partial charge on any atom is -0.508 e. The van der Waals surface area contributed by atoms with Gasteiger partial charge in [0.15, 0.2) is 0 Å². The Morgan fingerprint density at radius 2 is 1.67 bits per heavy atom. The van der Waals surface area contributed by atoms with Gasteiger partial charge in [0.1, 0.15) is 5.75 Å². The fraction of sp³-hybridized carbons (Fsp3) is 0.391. The summed E-state index contributed by atoms with van der Waals surface area (Å²) in [6, 6.07) is 14.9. The predicted molar refractivity (Wildman–Crippen MR) is 119 cm³/mol. The zero-order valence-corrected chi connectivity index (χ0v) is 17.7. The van der Waals surface area contributed by atoms with E-state index in [0.717, 1.165) is 36.4 Å². The Hall–Kier alpha value is -3.06. The summed E-state index contributed by atoms with van der Waals surface area (Å²) in [7, 11) is 1.79. The molecule has 30 heavy (non-hydrogen) atoms. The molecule has 3 rings (SSSR count). The number of aromatic hydroxyl groups is 1. The van der Waals surface area contributed by atoms with E-state index in [2.05, 4.69) is 17.1 Å². The van der Waals surface area contributed by atoms with Gasteiger partial charge in [0, 0.05) is 37.6 Å². The Morgan fingerprint density at radius 1 is 1.00 bits per heavy atom. The first kappa shape index (κ1) is 21.6. The number of phenols is 1. The highest BCUT2D eigenvalue weighted by atomic mass is 16.3. The number of rotatable bonds is 7. The molecule has 0 radical (unpaired) electrons. The first-order chi connectivity index (χ1) is 14.5. The highest BCUT2D eigenvalue weighted by Crippen LogP contribution is 2.20. The first-order valence-corrected chi connectivity index (χ1v) is 10.3. The number of carbonyl (C=O) groups excluding carboxylic acids is 2. The number of aryl methyl sites for hydroxylation is 1. The van der Waals surface area contributed by atoms with Crippen molar-refractivity contribution < 1.29 is 14.7 Å². The molecule has 1 aliphatic rings. The second-order valence-corrected chi connectivity index (χ2v) is 7.62. The minimum atomic E-state index is -0.122. The van der Waals surface area contributed by atoms with Crippen LogP contribution in [0.4, 0.5) is 11.4 Å². The number of para-hydroxylation sites is 1. The highest BCUT2D eigenvalue weighted by Gasteiger charge is 2.22. The normalized spacial score (nSPS) is 14.1. The van der Waals surface area contributed by atoms with Crippen molar-refractivity contribution in [2.45, 2.75) is 13.3 Å². The van der Waals surface area contributed by atoms with Crippen molar-refractivity contribution in [2.75, 3.05) is 56.5 Å². The van der Waals surface area contributed by atoms with Gasteiger partial charge in [0.25, 0.3) is 0 Å². The number of hydrogen-bond donors (Lipinski definition) is 2. The van der Waals surface area contributed by atoms with Crippen LogP contribution in [0.15, 0.2) is 48.5 Å². The van der Waals surface area contributed by atoms with Crippen molar-refractivity contribution >= 4 is 23.2 Å². The molecule has 7 nitrogen and oxygen atoms in total. The maximum atomic E-state index is 12.6. The van der Waals surface area contributed by atoms with Gasteiger partial charge >= 0.3 is 0 Å². The van der Waals surface area contributed by atoms with Crippen molar-refractivity contribution in [1.82, 2.24) is 9.80 Å². The van der Waals surface area contributed by atoms with Crippen LogP contribution in [0.5, 0.6) is 5.75 Å². The van der Waals surface area contributed by atoms with E-state index < -0.39 is 0 Å². The average Bonchev–Trinajstić information content (AvgIpc) is 2.74. The van der Waals surface area contributed by atoms with Crippen molar-refractivity contribution in [3.63, 3.8) is 0 Å². The molecule has 1 aliphatic heterocycles. The van der Waals surface area contributed by atoms with Crippen LogP contribution in [0, 0.1) is 0 Å². The van der Waals surface area contributed by atoms with Gasteiger partial charge in [-0.3, -0.25) is 14.5 Å². The molecule has 7 heteroatoms. The topological polar surface area (TPSA) is 76.1 Å². The van der Waals surface area contributed by atoms with Crippen LogP contribution >= 0.6 is 0 Å². The third-order valence-electron chi connectivity index (χ3n) is 5.34. The molecule has 1 saturated heterocycles. The zero-order chi connectivity index (χ0) is 21.5. The van der Waals surface area contributed by atoms with Crippen molar-refractivity contribution in [3.05, 3.63) is 54.1 Å². The number of phenolic OH excluding ortho intramolecular Hbond substituents is 1. The summed E-state index contributed by atoms with van der Waals surface area (Å²) >= 11 is 0. The van der Waals surface area contributed by atoms with E-state index >= 15 is 0 Å². The largest absolute Gasteiger partial charge is 0.508 e. The van der Waals surface area contributed by atoms with E-state index in [9.17, 15) is 14.7 Å². The van der Waals surface area contributed by atoms with Crippen molar-refractivity contribution in [2.24, 2.45) is 0 Å². The van der Waals surface area contributed by atoms with Gasteiger partial charge in [-0.1, -0.05) is 25.1 Å². The van der Waals surface area contributed by atoms with E-state index in [4.69, 9.17) is 0 Å². The number of piperazine rings is 1. The van der Waals surface area contributed by atoms with E-state index in [1.807, 2.05) is 41.3 Å². The van der Waals surface area contributed by atoms with Gasteiger partial charge < -0.3 is 20.2 Å². The Kier molecular flexibility index (Phi) is 7.30. The summed E-state index contributed by atoms with van der Waals surface area (Å²) in [6.45, 7) is 5.20. The molecule has 0 unspecified atom stereocenters. The van der Waals surface area contributed by atoms with E-state index in [1.54, 1.807) is 24.1 Å². The van der Waals surface area contributed by atoms with Crippen molar-refractivity contribution in [3.8, 4) is 5.75 Å². The van der Waals surface area contributed by atoms with Crippen LogP contribution in [-0.2, 0) is 16.0 Å². The van der Waals surface area contributed by atoms with E-state index in [0.29, 0.717) is 13.1 Å². The molecule has 0 spiro atoms. The summed E-state index contributed by atoms with van der Waals surface area (Å²) < 4.78 is 0. The molecule has 2 amide bonds. The highest BCUT2D eigenvalue weighted by molar-refractivity contribution is 5.93. The third kappa shape index (κ3) is 5.73. The lowest BCUT2D eigenvalue weighted by Gasteiger charge is -2.36. The van der Waals surface area contributed by atoms with Crippen LogP contribution in [0.3, 0.4) is 0 Å². The number of benzene rings is 2. The molecular formula is C23H30N4O3. The van der Waals surface area contributed by atoms with Crippen LogP contribution in [0.25, 0.3) is 0 Å². The molecule has 2 aromatic rings. The van der Waals surface area contributed by atoms with Crippen LogP contribution in [0.1, 0.15) is 12.5 Å². The summed E-state index contributed by atoms with van der Waals surface area (Å²) in [5.74, 6) is 0.158. The molecule has 0 aliphatic carbocycles. The van der Waals surface area contributed by atoms with Gasteiger partial charge in [0.2, 0.25) is 11.8 Å². The average molecular weight is 411 g/mol. The molecule has 2 aromatic carbocycles. The van der Waals surface area contributed by atoms with Gasteiger partial charge in [-0.05, 0) is 49.4 Å². The number of anilines is 2. The molecular weight excluding hydrogens is 380 g/mol. The summed E-state index contributed by atoms with van der Waals surface area (Å²) in [4.78, 5) is 30.8. The van der Waals surface area contributed by atoms with Gasteiger partial charge in [0.05, 0.1) is 13.1 Å². The molecule has 160 valence electrons. The standard InChI is InChI=1S/C23H30N4O3/c1-3-18-6-4-5-7-21(18)24-22(29)16-25(2)17-23(30)27-14-12-26(13-15-27)19-8-10-20(28)11-9-19/h4-11,28H,3,12-17H2,1-2H3,(H,24,29). The lowest BCUT2D eigenvalue weighted by atomic mass is 10.1. The molecule has 0 atom stereocenters. The molecule has 0 bridgehead atoms. The summed E-state index contributed by atoms with van der Waals surface area (Å²) in [5, 5.41) is 12.4. The van der Waals surface area contributed by atoms with Crippen LogP contribution < -0.4 is 10.2 Å². The first-order valence-electron chi connectivity index (χ1n) is 10.3. The smallest absolute Gasteiger partial charge is 0.238 e. The molecule has 2 N–H and O–H groups in total. The second-order valence-electron chi connectivity index (χ2n) is 7.62. The number of likely N-dealkylation sites (N-methyl/N-ethyl adjacent to an activating group) is 1.